The van der Waals surface area contributed by atoms with Gasteiger partial charge in [0.1, 0.15) is 0 Å². The van der Waals surface area contributed by atoms with E-state index in [1.165, 1.54) is 24.3 Å². The maximum Gasteiger partial charge on any atom is 0.416 e. The molecule has 0 radical (unpaired) electrons. The van der Waals surface area contributed by atoms with Gasteiger partial charge >= 0.3 is 12.4 Å². The van der Waals surface area contributed by atoms with Gasteiger partial charge in [0.15, 0.2) is 0 Å². The van der Waals surface area contributed by atoms with E-state index in [9.17, 15) is 31.1 Å². The highest BCUT2D eigenvalue weighted by Crippen LogP contribution is 2.38. The van der Waals surface area contributed by atoms with Crippen molar-refractivity contribution in [3.63, 3.8) is 0 Å². The van der Waals surface area contributed by atoms with Gasteiger partial charge in [0.2, 0.25) is 0 Å². The van der Waals surface area contributed by atoms with Gasteiger partial charge in [-0.15, -0.1) is 0 Å². The third-order valence-corrected chi connectivity index (χ3v) is 6.11. The smallest absolute Gasteiger partial charge is 0.338 e. The van der Waals surface area contributed by atoms with Crippen LogP contribution in [0.3, 0.4) is 0 Å². The van der Waals surface area contributed by atoms with E-state index in [1.807, 2.05) is 12.1 Å². The molecule has 0 bridgehead atoms. The van der Waals surface area contributed by atoms with Crippen LogP contribution in [-0.2, 0) is 18.8 Å². The number of benzene rings is 2. The molecule has 0 aliphatic carbocycles. The van der Waals surface area contributed by atoms with Crippen LogP contribution in [0, 0.1) is 5.92 Å². The maximum atomic E-state index is 13.2. The molecular weight excluding hydrogens is 470 g/mol. The average Bonchev–Trinajstić information content (AvgIpc) is 2.83. The van der Waals surface area contributed by atoms with Crippen LogP contribution >= 0.6 is 0 Å². The molecule has 0 N–H and O–H groups in total. The Morgan fingerprint density at radius 2 is 1.57 bits per heavy atom. The van der Waals surface area contributed by atoms with Gasteiger partial charge in [-0.05, 0) is 78.3 Å². The van der Waals surface area contributed by atoms with Crippen LogP contribution < -0.4 is 0 Å². The third kappa shape index (κ3) is 6.01. The molecule has 3 aromatic rings. The fourth-order valence-corrected chi connectivity index (χ4v) is 4.38. The van der Waals surface area contributed by atoms with E-state index in [0.29, 0.717) is 30.8 Å². The summed E-state index contributed by atoms with van der Waals surface area (Å²) in [5, 5.41) is 0. The number of hydrogen-bond donors (Lipinski definition) is 0. The Morgan fingerprint density at radius 3 is 2.14 bits per heavy atom. The van der Waals surface area contributed by atoms with Crippen molar-refractivity contribution >= 4 is 5.91 Å². The lowest BCUT2D eigenvalue weighted by atomic mass is 9.91. The molecule has 1 aliphatic rings. The zero-order valence-corrected chi connectivity index (χ0v) is 18.5. The van der Waals surface area contributed by atoms with Crippen LogP contribution in [0.4, 0.5) is 26.3 Å². The summed E-state index contributed by atoms with van der Waals surface area (Å²) >= 11 is 0. The number of hydrogen-bond acceptors (Lipinski definition) is 2. The SMILES string of the molecule is O=C(c1ccc(-c2cc(C(F)(F)F)cc(C(F)(F)F)c2)cc1)N1CCCC(Cc2cccnc2)C1. The molecule has 2 aromatic carbocycles. The molecule has 2 heterocycles. The summed E-state index contributed by atoms with van der Waals surface area (Å²) in [5.41, 5.74) is -1.40. The number of halogens is 6. The van der Waals surface area contributed by atoms with Crippen molar-refractivity contribution in [1.29, 1.82) is 0 Å². The minimum Gasteiger partial charge on any atom is -0.338 e. The number of carbonyl (C=O) groups is 1. The van der Waals surface area contributed by atoms with E-state index in [-0.39, 0.29) is 29.0 Å². The molecule has 1 amide bonds. The van der Waals surface area contributed by atoms with E-state index >= 15 is 0 Å². The number of nitrogens with zero attached hydrogens (tertiary/aromatic N) is 2. The number of piperidine rings is 1. The van der Waals surface area contributed by atoms with Crippen LogP contribution in [0.1, 0.15) is 39.9 Å². The number of likely N-dealkylation sites (tertiary alicyclic amines) is 1. The van der Waals surface area contributed by atoms with Crippen molar-refractivity contribution in [2.24, 2.45) is 5.92 Å². The zero-order chi connectivity index (χ0) is 25.2. The number of pyridine rings is 1. The molecule has 3 nitrogen and oxygen atoms in total. The summed E-state index contributed by atoms with van der Waals surface area (Å²) < 4.78 is 79.1. The van der Waals surface area contributed by atoms with Crippen molar-refractivity contribution in [1.82, 2.24) is 9.88 Å². The van der Waals surface area contributed by atoms with Crippen LogP contribution in [-0.4, -0.2) is 28.9 Å². The lowest BCUT2D eigenvalue weighted by molar-refractivity contribution is -0.143. The Bertz CT molecular complexity index is 1140. The van der Waals surface area contributed by atoms with Gasteiger partial charge in [-0.1, -0.05) is 18.2 Å². The predicted octanol–water partition coefficient (Wildman–Crippen LogP) is 6.88. The molecule has 1 saturated heterocycles. The average molecular weight is 492 g/mol. The Labute approximate surface area is 198 Å². The quantitative estimate of drug-likeness (QED) is 0.372. The first-order chi connectivity index (χ1) is 16.5. The van der Waals surface area contributed by atoms with Gasteiger partial charge in [-0.25, -0.2) is 0 Å². The summed E-state index contributed by atoms with van der Waals surface area (Å²) in [6.07, 6.45) is -3.72. The Balaban J connectivity index is 1.52. The molecule has 1 unspecified atom stereocenters. The normalized spacial score (nSPS) is 16.9. The Kier molecular flexibility index (Phi) is 6.87. The topological polar surface area (TPSA) is 33.2 Å². The summed E-state index contributed by atoms with van der Waals surface area (Å²) in [6.45, 7) is 1.16. The maximum absolute atomic E-state index is 13.2. The van der Waals surface area contributed by atoms with Crippen molar-refractivity contribution in [3.8, 4) is 11.1 Å². The lowest BCUT2D eigenvalue weighted by Crippen LogP contribution is -2.40. The minimum absolute atomic E-state index is 0.0969. The molecular formula is C26H22F6N2O. The standard InChI is InChI=1S/C26H22F6N2O/c27-25(28,29)22-12-21(13-23(14-22)26(30,31)32)19-5-7-20(8-6-19)24(35)34-10-2-4-18(16-34)11-17-3-1-9-33-15-17/h1,3,5-9,12-15,18H,2,4,10-11,16H2. The first kappa shape index (κ1) is 24.8. The molecule has 0 spiro atoms. The van der Waals surface area contributed by atoms with Crippen molar-refractivity contribution in [3.05, 3.63) is 89.2 Å². The predicted molar refractivity (Wildman–Crippen MR) is 118 cm³/mol. The van der Waals surface area contributed by atoms with Crippen molar-refractivity contribution in [2.75, 3.05) is 13.1 Å². The third-order valence-electron chi connectivity index (χ3n) is 6.11. The highest BCUT2D eigenvalue weighted by atomic mass is 19.4. The van der Waals surface area contributed by atoms with Crippen LogP contribution in [0.5, 0.6) is 0 Å². The monoisotopic (exact) mass is 492 g/mol. The van der Waals surface area contributed by atoms with Crippen molar-refractivity contribution in [2.45, 2.75) is 31.6 Å². The summed E-state index contributed by atoms with van der Waals surface area (Å²) in [4.78, 5) is 18.9. The van der Waals surface area contributed by atoms with Crippen LogP contribution in [0.2, 0.25) is 0 Å². The summed E-state index contributed by atoms with van der Waals surface area (Å²) in [5.74, 6) is 0.0644. The number of rotatable bonds is 4. The van der Waals surface area contributed by atoms with E-state index < -0.39 is 23.5 Å². The second kappa shape index (κ2) is 9.71. The number of amides is 1. The molecule has 35 heavy (non-hydrogen) atoms. The highest BCUT2D eigenvalue weighted by Gasteiger charge is 2.37. The van der Waals surface area contributed by atoms with Crippen molar-refractivity contribution < 1.29 is 31.1 Å². The first-order valence-electron chi connectivity index (χ1n) is 11.1. The van der Waals surface area contributed by atoms with Gasteiger partial charge in [-0.2, -0.15) is 26.3 Å². The van der Waals surface area contributed by atoms with E-state index in [1.54, 1.807) is 17.3 Å². The molecule has 1 aliphatic heterocycles. The summed E-state index contributed by atoms with van der Waals surface area (Å²) in [7, 11) is 0. The largest absolute Gasteiger partial charge is 0.416 e. The first-order valence-corrected chi connectivity index (χ1v) is 11.1. The summed E-state index contributed by atoms with van der Waals surface area (Å²) in [6, 6.07) is 10.9. The van der Waals surface area contributed by atoms with E-state index in [0.717, 1.165) is 24.8 Å². The molecule has 0 saturated carbocycles. The fourth-order valence-electron chi connectivity index (χ4n) is 4.38. The molecule has 1 atom stereocenters. The Hall–Kier alpha value is -3.36. The van der Waals surface area contributed by atoms with Gasteiger partial charge in [0.25, 0.3) is 5.91 Å². The lowest BCUT2D eigenvalue weighted by Gasteiger charge is -2.33. The molecule has 1 fully saturated rings. The van der Waals surface area contributed by atoms with Gasteiger partial charge in [-0.3, -0.25) is 9.78 Å². The minimum atomic E-state index is -4.92. The van der Waals surface area contributed by atoms with Gasteiger partial charge in [0, 0.05) is 31.0 Å². The van der Waals surface area contributed by atoms with Crippen LogP contribution in [0.15, 0.2) is 67.0 Å². The second-order valence-corrected chi connectivity index (χ2v) is 8.70. The van der Waals surface area contributed by atoms with E-state index in [4.69, 9.17) is 0 Å². The van der Waals surface area contributed by atoms with Gasteiger partial charge < -0.3 is 4.90 Å². The number of carbonyl (C=O) groups excluding carboxylic acids is 1. The second-order valence-electron chi connectivity index (χ2n) is 8.70. The number of alkyl halides is 6. The molecule has 9 heteroatoms. The van der Waals surface area contributed by atoms with E-state index in [2.05, 4.69) is 4.98 Å². The molecule has 184 valence electrons. The van der Waals surface area contributed by atoms with Gasteiger partial charge in [0.05, 0.1) is 11.1 Å². The van der Waals surface area contributed by atoms with Crippen LogP contribution in [0.25, 0.3) is 11.1 Å². The highest BCUT2D eigenvalue weighted by molar-refractivity contribution is 5.94. The zero-order valence-electron chi connectivity index (χ0n) is 18.5. The number of aromatic nitrogens is 1. The Morgan fingerprint density at radius 1 is 0.914 bits per heavy atom. The molecule has 4 rings (SSSR count). The molecule has 1 aromatic heterocycles. The fraction of sp³-hybridized carbons (Fsp3) is 0.308.